The van der Waals surface area contributed by atoms with E-state index in [-0.39, 0.29) is 0 Å². The normalized spacial score (nSPS) is 24.0. The maximum atomic E-state index is 12.4. The zero-order chi connectivity index (χ0) is 16.2. The van der Waals surface area contributed by atoms with Gasteiger partial charge in [0, 0.05) is 37.6 Å². The second-order valence-corrected chi connectivity index (χ2v) is 5.81. The lowest BCUT2D eigenvalue weighted by Crippen LogP contribution is -2.51. The average Bonchev–Trinajstić information content (AvgIpc) is 2.85. The van der Waals surface area contributed by atoms with Crippen molar-refractivity contribution < 1.29 is 13.2 Å². The summed E-state index contributed by atoms with van der Waals surface area (Å²) in [6, 6.07) is 0.823. The Morgan fingerprint density at radius 1 is 1.09 bits per heavy atom. The number of unbranched alkanes of at least 4 members (excludes halogenated alkanes) is 1. The molecule has 2 fully saturated rings. The molecule has 3 rings (SSSR count). The number of piperazine rings is 1. The van der Waals surface area contributed by atoms with Crippen LogP contribution >= 0.6 is 0 Å². The number of alkyl halides is 3. The van der Waals surface area contributed by atoms with E-state index in [2.05, 4.69) is 29.1 Å². The minimum Gasteiger partial charge on any atom is -0.338 e. The summed E-state index contributed by atoms with van der Waals surface area (Å²) in [5, 5.41) is 3.45. The highest BCUT2D eigenvalue weighted by atomic mass is 19.4. The lowest BCUT2D eigenvalue weighted by atomic mass is 10.2. The van der Waals surface area contributed by atoms with E-state index < -0.39 is 11.7 Å². The van der Waals surface area contributed by atoms with Crippen molar-refractivity contribution in [1.82, 2.24) is 15.3 Å². The molecule has 7 heteroatoms. The molecule has 22 heavy (non-hydrogen) atoms. The molecule has 0 aliphatic carbocycles. The molecule has 3 heterocycles. The van der Waals surface area contributed by atoms with Gasteiger partial charge in [0.25, 0.3) is 0 Å². The van der Waals surface area contributed by atoms with Gasteiger partial charge in [-0.1, -0.05) is 26.7 Å². The predicted octanol–water partition coefficient (Wildman–Crippen LogP) is 3.24. The van der Waals surface area contributed by atoms with Crippen LogP contribution in [-0.4, -0.2) is 35.1 Å². The lowest BCUT2D eigenvalue weighted by molar-refractivity contribution is -0.138. The van der Waals surface area contributed by atoms with Crippen molar-refractivity contribution in [3.63, 3.8) is 0 Å². The molecule has 2 bridgehead atoms. The Morgan fingerprint density at radius 2 is 1.59 bits per heavy atom. The number of hydrogen-bond donors (Lipinski definition) is 1. The zero-order valence-electron chi connectivity index (χ0n) is 13.0. The van der Waals surface area contributed by atoms with Gasteiger partial charge in [0.2, 0.25) is 5.95 Å². The average molecular weight is 316 g/mol. The van der Waals surface area contributed by atoms with E-state index in [1.165, 1.54) is 12.8 Å². The Labute approximate surface area is 129 Å². The molecule has 2 aliphatic rings. The van der Waals surface area contributed by atoms with Gasteiger partial charge >= 0.3 is 6.18 Å². The fourth-order valence-corrected chi connectivity index (χ4v) is 2.59. The summed E-state index contributed by atoms with van der Waals surface area (Å²) in [6.45, 7) is 5.89. The van der Waals surface area contributed by atoms with Crippen molar-refractivity contribution in [3.05, 3.63) is 18.0 Å². The molecular weight excluding hydrogens is 293 g/mol. The molecule has 2 saturated heterocycles. The van der Waals surface area contributed by atoms with Gasteiger partial charge in [-0.3, -0.25) is 0 Å². The molecule has 124 valence electrons. The zero-order valence-corrected chi connectivity index (χ0v) is 13.0. The van der Waals surface area contributed by atoms with Crippen LogP contribution in [0.4, 0.5) is 19.1 Å². The van der Waals surface area contributed by atoms with Crippen LogP contribution in [-0.2, 0) is 6.18 Å². The second kappa shape index (κ2) is 7.26. The van der Waals surface area contributed by atoms with E-state index in [1.807, 2.05) is 4.90 Å². The summed E-state index contributed by atoms with van der Waals surface area (Å²) in [5.41, 5.74) is -0.802. The molecule has 0 spiro atoms. The van der Waals surface area contributed by atoms with Crippen molar-refractivity contribution in [2.75, 3.05) is 18.0 Å². The van der Waals surface area contributed by atoms with Crippen LogP contribution in [0.1, 0.15) is 45.1 Å². The first kappa shape index (κ1) is 17.0. The highest BCUT2D eigenvalue weighted by Gasteiger charge is 2.34. The van der Waals surface area contributed by atoms with Crippen LogP contribution in [0.2, 0.25) is 0 Å². The summed E-state index contributed by atoms with van der Waals surface area (Å²) >= 11 is 0. The maximum absolute atomic E-state index is 12.4. The number of rotatable bonds is 2. The number of nitrogens with one attached hydrogen (secondary N) is 1. The minimum absolute atomic E-state index is 0.390. The Hall–Kier alpha value is -1.37. The van der Waals surface area contributed by atoms with Gasteiger partial charge in [-0.15, -0.1) is 0 Å². The largest absolute Gasteiger partial charge is 0.419 e. The topological polar surface area (TPSA) is 41.1 Å². The number of anilines is 1. The van der Waals surface area contributed by atoms with Crippen LogP contribution in [0.3, 0.4) is 0 Å². The van der Waals surface area contributed by atoms with Gasteiger partial charge in [0.1, 0.15) is 0 Å². The van der Waals surface area contributed by atoms with E-state index in [4.69, 9.17) is 0 Å². The van der Waals surface area contributed by atoms with Crippen LogP contribution in [0.5, 0.6) is 0 Å². The fourth-order valence-electron chi connectivity index (χ4n) is 2.59. The lowest BCUT2D eigenvalue weighted by Gasteiger charge is -2.32. The molecule has 0 aromatic carbocycles. The van der Waals surface area contributed by atoms with E-state index >= 15 is 0 Å². The molecule has 0 saturated carbocycles. The summed E-state index contributed by atoms with van der Waals surface area (Å²) in [6.07, 6.45) is 2.20. The molecule has 2 aliphatic heterocycles. The maximum Gasteiger partial charge on any atom is 0.419 e. The highest BCUT2D eigenvalue weighted by molar-refractivity contribution is 5.33. The van der Waals surface area contributed by atoms with E-state index in [0.717, 1.165) is 38.3 Å². The fraction of sp³-hybridized carbons (Fsp3) is 0.733. The smallest absolute Gasteiger partial charge is 0.338 e. The third-order valence-corrected chi connectivity index (χ3v) is 3.96. The standard InChI is InChI=1S/C11H13F3N4.C4H10/c12-11(13,14)7-3-15-10(16-4-7)18-5-8-1-2-9(6-18)17-8;1-3-4-2/h3-4,8-9,17H,1-2,5-6H2;3-4H2,1-2H3. The number of nitrogens with zero attached hydrogens (tertiary/aromatic N) is 3. The van der Waals surface area contributed by atoms with Crippen LogP contribution in [0.15, 0.2) is 12.4 Å². The Balaban J connectivity index is 0.000000396. The van der Waals surface area contributed by atoms with Crippen molar-refractivity contribution in [2.24, 2.45) is 0 Å². The van der Waals surface area contributed by atoms with Gasteiger partial charge in [-0.05, 0) is 12.8 Å². The van der Waals surface area contributed by atoms with Crippen LogP contribution in [0, 0.1) is 0 Å². The molecule has 2 atom stereocenters. The van der Waals surface area contributed by atoms with Gasteiger partial charge in [0.15, 0.2) is 0 Å². The molecule has 1 N–H and O–H groups in total. The van der Waals surface area contributed by atoms with Gasteiger partial charge in [-0.2, -0.15) is 13.2 Å². The van der Waals surface area contributed by atoms with Crippen molar-refractivity contribution in [3.8, 4) is 0 Å². The number of aromatic nitrogens is 2. The van der Waals surface area contributed by atoms with Gasteiger partial charge in [-0.25, -0.2) is 9.97 Å². The molecule has 0 radical (unpaired) electrons. The number of halogens is 3. The summed E-state index contributed by atoms with van der Waals surface area (Å²) in [5.74, 6) is 0.390. The third kappa shape index (κ3) is 4.32. The molecule has 4 nitrogen and oxygen atoms in total. The van der Waals surface area contributed by atoms with E-state index in [9.17, 15) is 13.2 Å². The Bertz CT molecular complexity index is 447. The molecular formula is C15H23F3N4. The van der Waals surface area contributed by atoms with Crippen LogP contribution < -0.4 is 10.2 Å². The first-order valence-corrected chi connectivity index (χ1v) is 7.84. The molecule has 2 unspecified atom stereocenters. The second-order valence-electron chi connectivity index (χ2n) is 5.81. The van der Waals surface area contributed by atoms with E-state index in [1.54, 1.807) is 0 Å². The van der Waals surface area contributed by atoms with Crippen molar-refractivity contribution >= 4 is 5.95 Å². The van der Waals surface area contributed by atoms with Crippen LogP contribution in [0.25, 0.3) is 0 Å². The molecule has 0 amide bonds. The summed E-state index contributed by atoms with van der Waals surface area (Å²) < 4.78 is 37.2. The Morgan fingerprint density at radius 3 is 2.00 bits per heavy atom. The predicted molar refractivity (Wildman–Crippen MR) is 79.8 cm³/mol. The Kier molecular flexibility index (Phi) is 5.61. The first-order chi connectivity index (χ1) is 10.4. The quantitative estimate of drug-likeness (QED) is 0.909. The number of hydrogen-bond acceptors (Lipinski definition) is 4. The summed E-state index contributed by atoms with van der Waals surface area (Å²) in [7, 11) is 0. The van der Waals surface area contributed by atoms with Gasteiger partial charge in [0.05, 0.1) is 5.56 Å². The highest BCUT2D eigenvalue weighted by Crippen LogP contribution is 2.29. The monoisotopic (exact) mass is 316 g/mol. The third-order valence-electron chi connectivity index (χ3n) is 3.96. The molecule has 1 aromatic heterocycles. The minimum atomic E-state index is -4.37. The summed E-state index contributed by atoms with van der Waals surface area (Å²) in [4.78, 5) is 9.62. The van der Waals surface area contributed by atoms with Crippen molar-refractivity contribution in [1.29, 1.82) is 0 Å². The van der Waals surface area contributed by atoms with Gasteiger partial charge < -0.3 is 10.2 Å². The van der Waals surface area contributed by atoms with Crippen molar-refractivity contribution in [2.45, 2.75) is 57.8 Å². The molecule has 1 aromatic rings. The first-order valence-electron chi connectivity index (χ1n) is 7.84. The van der Waals surface area contributed by atoms with E-state index in [0.29, 0.717) is 18.0 Å². The SMILES string of the molecule is CCCC.FC(F)(F)c1cnc(N2CC3CCC(C2)N3)nc1. The number of fused-ring (bicyclic) bond motifs is 2.